The van der Waals surface area contributed by atoms with E-state index in [4.69, 9.17) is 22.1 Å². The Kier molecular flexibility index (Phi) is 4.17. The number of anilines is 1. The predicted molar refractivity (Wildman–Crippen MR) is 103 cm³/mol. The first-order chi connectivity index (χ1) is 12.6. The quantitative estimate of drug-likeness (QED) is 0.607. The van der Waals surface area contributed by atoms with Crippen molar-refractivity contribution in [2.75, 3.05) is 32.0 Å². The monoisotopic (exact) mass is 374 g/mol. The van der Waals surface area contributed by atoms with Crippen molar-refractivity contribution in [2.45, 2.75) is 38.5 Å². The van der Waals surface area contributed by atoms with Crippen molar-refractivity contribution in [1.82, 2.24) is 4.90 Å². The summed E-state index contributed by atoms with van der Waals surface area (Å²) >= 11 is 6.23. The fourth-order valence-electron chi connectivity index (χ4n) is 5.36. The summed E-state index contributed by atoms with van der Waals surface area (Å²) in [7, 11) is 0. The average Bonchev–Trinajstić information content (AvgIpc) is 2.98. The van der Waals surface area contributed by atoms with Gasteiger partial charge in [0.15, 0.2) is 5.78 Å². The van der Waals surface area contributed by atoms with Crippen LogP contribution in [-0.2, 0) is 6.42 Å². The number of nitrogen functional groups attached to an aromatic ring is 1. The number of nitrogens with zero attached hydrogens (tertiary/aromatic N) is 1. The van der Waals surface area contributed by atoms with Crippen molar-refractivity contribution < 1.29 is 9.53 Å². The number of nitrogens with two attached hydrogens (primary N) is 1. The van der Waals surface area contributed by atoms with Crippen LogP contribution >= 0.6 is 11.6 Å². The van der Waals surface area contributed by atoms with Gasteiger partial charge in [0.1, 0.15) is 5.75 Å². The number of ketones is 1. The zero-order chi connectivity index (χ0) is 17.8. The number of Topliss-reactive ketones (excluding diaryl/α,β-unsaturated/α-hetero) is 1. The Morgan fingerprint density at radius 3 is 2.77 bits per heavy atom. The van der Waals surface area contributed by atoms with Crippen molar-refractivity contribution in [1.29, 1.82) is 0 Å². The number of likely N-dealkylation sites (tertiary alicyclic amines) is 1. The summed E-state index contributed by atoms with van der Waals surface area (Å²) in [4.78, 5) is 15.5. The fraction of sp³-hybridized carbons (Fsp3) is 0.667. The zero-order valence-electron chi connectivity index (χ0n) is 15.2. The maximum Gasteiger partial charge on any atom is 0.166 e. The first-order valence-corrected chi connectivity index (χ1v) is 10.5. The van der Waals surface area contributed by atoms with Gasteiger partial charge in [-0.1, -0.05) is 18.0 Å². The maximum atomic E-state index is 12.8. The molecule has 26 heavy (non-hydrogen) atoms. The number of carbonyl (C=O) groups excluding carboxylic acids is 1. The molecule has 5 heteroatoms. The Labute approximate surface area is 160 Å². The number of hydrogen-bond acceptors (Lipinski definition) is 4. The molecular weight excluding hydrogens is 348 g/mol. The summed E-state index contributed by atoms with van der Waals surface area (Å²) in [5.74, 6) is 4.21. The number of rotatable bonds is 6. The van der Waals surface area contributed by atoms with E-state index in [0.717, 1.165) is 42.1 Å². The Hall–Kier alpha value is -1.26. The molecule has 4 aliphatic rings. The van der Waals surface area contributed by atoms with Crippen LogP contribution in [0.2, 0.25) is 5.02 Å². The maximum absolute atomic E-state index is 12.8. The normalized spacial score (nSPS) is 29.8. The smallest absolute Gasteiger partial charge is 0.166 e. The van der Waals surface area contributed by atoms with E-state index in [-0.39, 0.29) is 5.78 Å². The minimum Gasteiger partial charge on any atom is -0.492 e. The number of hydrogen-bond donors (Lipinski definition) is 1. The lowest BCUT2D eigenvalue weighted by atomic mass is 9.85. The number of benzene rings is 1. The van der Waals surface area contributed by atoms with Crippen LogP contribution in [-0.4, -0.2) is 36.9 Å². The summed E-state index contributed by atoms with van der Waals surface area (Å²) in [5, 5.41) is 0.479. The lowest BCUT2D eigenvalue weighted by molar-refractivity contribution is 0.0972. The van der Waals surface area contributed by atoms with Crippen molar-refractivity contribution in [3.63, 3.8) is 0 Å². The number of ether oxygens (including phenoxy) is 1. The fourth-order valence-corrected chi connectivity index (χ4v) is 5.58. The minimum absolute atomic E-state index is 0.154. The average molecular weight is 375 g/mol. The largest absolute Gasteiger partial charge is 0.492 e. The van der Waals surface area contributed by atoms with E-state index in [9.17, 15) is 4.79 Å². The first-order valence-electron chi connectivity index (χ1n) is 10.1. The molecule has 2 aliphatic heterocycles. The molecule has 0 radical (unpaired) electrons. The van der Waals surface area contributed by atoms with Crippen LogP contribution in [0.25, 0.3) is 0 Å². The van der Waals surface area contributed by atoms with Gasteiger partial charge in [0.2, 0.25) is 0 Å². The van der Waals surface area contributed by atoms with Gasteiger partial charge in [0, 0.05) is 38.0 Å². The van der Waals surface area contributed by atoms with Gasteiger partial charge in [-0.25, -0.2) is 0 Å². The van der Waals surface area contributed by atoms with E-state index in [2.05, 4.69) is 4.90 Å². The molecule has 0 spiro atoms. The van der Waals surface area contributed by atoms with Gasteiger partial charge < -0.3 is 15.4 Å². The van der Waals surface area contributed by atoms with Crippen LogP contribution < -0.4 is 10.5 Å². The molecule has 2 unspecified atom stereocenters. The van der Waals surface area contributed by atoms with E-state index in [1.165, 1.54) is 38.9 Å². The van der Waals surface area contributed by atoms with Crippen LogP contribution in [0.15, 0.2) is 6.07 Å². The highest BCUT2D eigenvalue weighted by molar-refractivity contribution is 6.33. The molecule has 1 saturated heterocycles. The standard InChI is InChI=1S/C21H27ClN2O2/c22-18-8-15(21-14(20(18)23)6-7-26-21)19(25)5-4-13-16-10-24(11-17(13)16)9-12-2-1-3-12/h8,12-13,16-17H,1-7,9-11,23H2. The summed E-state index contributed by atoms with van der Waals surface area (Å²) in [6, 6.07) is 1.71. The molecule has 0 aromatic heterocycles. The van der Waals surface area contributed by atoms with Gasteiger partial charge in [-0.15, -0.1) is 0 Å². The molecular formula is C21H27ClN2O2. The topological polar surface area (TPSA) is 55.6 Å². The molecule has 1 aromatic carbocycles. The molecule has 1 aromatic rings. The van der Waals surface area contributed by atoms with Gasteiger partial charge in [0.05, 0.1) is 22.9 Å². The van der Waals surface area contributed by atoms with Gasteiger partial charge >= 0.3 is 0 Å². The SMILES string of the molecule is Nc1c(Cl)cc(C(=O)CCC2C3CN(CC4CCC4)CC23)c2c1CCO2. The lowest BCUT2D eigenvalue weighted by Gasteiger charge is -2.31. The van der Waals surface area contributed by atoms with E-state index >= 15 is 0 Å². The van der Waals surface area contributed by atoms with E-state index in [0.29, 0.717) is 35.1 Å². The second-order valence-corrected chi connectivity index (χ2v) is 9.10. The van der Waals surface area contributed by atoms with Crippen LogP contribution in [0.5, 0.6) is 5.75 Å². The Balaban J connectivity index is 1.16. The van der Waals surface area contributed by atoms with Crippen molar-refractivity contribution in [2.24, 2.45) is 23.7 Å². The molecule has 2 aliphatic carbocycles. The molecule has 2 heterocycles. The lowest BCUT2D eigenvalue weighted by Crippen LogP contribution is -2.33. The summed E-state index contributed by atoms with van der Waals surface area (Å²) in [6.07, 6.45) is 6.63. The third-order valence-electron chi connectivity index (χ3n) is 7.16. The molecule has 2 saturated carbocycles. The highest BCUT2D eigenvalue weighted by Crippen LogP contribution is 2.54. The second-order valence-electron chi connectivity index (χ2n) is 8.69. The van der Waals surface area contributed by atoms with Crippen molar-refractivity contribution in [3.8, 4) is 5.75 Å². The number of halogens is 1. The van der Waals surface area contributed by atoms with Crippen LogP contribution in [0, 0.1) is 23.7 Å². The van der Waals surface area contributed by atoms with Gasteiger partial charge in [0.25, 0.3) is 0 Å². The van der Waals surface area contributed by atoms with E-state index in [1.54, 1.807) is 6.07 Å². The third kappa shape index (κ3) is 2.82. The van der Waals surface area contributed by atoms with Crippen molar-refractivity contribution in [3.05, 3.63) is 22.2 Å². The van der Waals surface area contributed by atoms with E-state index < -0.39 is 0 Å². The summed E-state index contributed by atoms with van der Waals surface area (Å²) < 4.78 is 5.68. The number of piperidine rings is 1. The molecule has 2 N–H and O–H groups in total. The molecule has 2 atom stereocenters. The third-order valence-corrected chi connectivity index (χ3v) is 7.48. The molecule has 3 fully saturated rings. The Bertz CT molecular complexity index is 734. The van der Waals surface area contributed by atoms with Crippen LogP contribution in [0.1, 0.15) is 48.0 Å². The van der Waals surface area contributed by atoms with Gasteiger partial charge in [-0.2, -0.15) is 0 Å². The number of fused-ring (bicyclic) bond motifs is 2. The van der Waals surface area contributed by atoms with Gasteiger partial charge in [-0.05, 0) is 49.0 Å². The molecule has 4 nitrogen and oxygen atoms in total. The number of carbonyl (C=O) groups is 1. The molecule has 140 valence electrons. The predicted octanol–water partition coefficient (Wildman–Crippen LogP) is 3.80. The van der Waals surface area contributed by atoms with Crippen LogP contribution in [0.4, 0.5) is 5.69 Å². The van der Waals surface area contributed by atoms with Crippen LogP contribution in [0.3, 0.4) is 0 Å². The Morgan fingerprint density at radius 2 is 2.08 bits per heavy atom. The van der Waals surface area contributed by atoms with Crippen molar-refractivity contribution >= 4 is 23.1 Å². The Morgan fingerprint density at radius 1 is 1.31 bits per heavy atom. The highest BCUT2D eigenvalue weighted by atomic mass is 35.5. The molecule has 0 bridgehead atoms. The minimum atomic E-state index is 0.154. The summed E-state index contributed by atoms with van der Waals surface area (Å²) in [5.41, 5.74) is 8.15. The summed E-state index contributed by atoms with van der Waals surface area (Å²) in [6.45, 7) is 4.41. The first kappa shape index (κ1) is 16.9. The molecule has 5 rings (SSSR count). The highest BCUT2D eigenvalue weighted by Gasteiger charge is 2.55. The zero-order valence-corrected chi connectivity index (χ0v) is 15.9. The van der Waals surface area contributed by atoms with Gasteiger partial charge in [-0.3, -0.25) is 4.79 Å². The molecule has 0 amide bonds. The van der Waals surface area contributed by atoms with E-state index in [1.807, 2.05) is 0 Å². The second kappa shape index (κ2) is 6.42.